The lowest BCUT2D eigenvalue weighted by atomic mass is 9.79. The highest BCUT2D eigenvalue weighted by atomic mass is 19.2. The molecule has 1 saturated carbocycles. The highest BCUT2D eigenvalue weighted by Gasteiger charge is 2.24. The monoisotopic (exact) mass is 225 g/mol. The molecule has 0 amide bonds. The number of hydrogen-bond acceptors (Lipinski definition) is 1. The summed E-state index contributed by atoms with van der Waals surface area (Å²) < 4.78 is 27.0. The number of anilines is 1. The van der Waals surface area contributed by atoms with E-state index in [9.17, 15) is 8.78 Å². The molecule has 0 radical (unpaired) electrons. The molecule has 1 nitrogen and oxygen atoms in total. The predicted octanol–water partition coefficient (Wildman–Crippen LogP) is 3.84. The van der Waals surface area contributed by atoms with Gasteiger partial charge in [0.25, 0.3) is 0 Å². The maximum Gasteiger partial charge on any atom is 0.181 e. The van der Waals surface area contributed by atoms with Gasteiger partial charge in [-0.25, -0.2) is 8.78 Å². The first-order chi connectivity index (χ1) is 7.59. The van der Waals surface area contributed by atoms with E-state index in [2.05, 4.69) is 6.92 Å². The number of hydrogen-bond donors (Lipinski definition) is 1. The minimum Gasteiger partial charge on any atom is -0.396 e. The van der Waals surface area contributed by atoms with Crippen molar-refractivity contribution in [2.45, 2.75) is 38.5 Å². The van der Waals surface area contributed by atoms with E-state index in [1.54, 1.807) is 6.07 Å². The summed E-state index contributed by atoms with van der Waals surface area (Å²) in [6, 6.07) is 3.10. The lowest BCUT2D eigenvalue weighted by molar-refractivity contribution is 0.339. The van der Waals surface area contributed by atoms with Gasteiger partial charge in [-0.1, -0.05) is 25.8 Å². The van der Waals surface area contributed by atoms with Crippen LogP contribution in [0.3, 0.4) is 0 Å². The number of benzene rings is 1. The minimum atomic E-state index is -0.892. The summed E-state index contributed by atoms with van der Waals surface area (Å²) in [5.74, 6) is -0.778. The van der Waals surface area contributed by atoms with Crippen molar-refractivity contribution in [1.82, 2.24) is 0 Å². The number of nitrogens with two attached hydrogens (primary N) is 1. The Hall–Kier alpha value is -1.12. The van der Waals surface area contributed by atoms with Crippen molar-refractivity contribution in [3.05, 3.63) is 29.3 Å². The van der Waals surface area contributed by atoms with E-state index in [4.69, 9.17) is 5.73 Å². The molecular formula is C13H17F2N. The fraction of sp³-hybridized carbons (Fsp3) is 0.538. The van der Waals surface area contributed by atoms with Crippen LogP contribution in [-0.2, 0) is 0 Å². The summed E-state index contributed by atoms with van der Waals surface area (Å²) in [7, 11) is 0. The second kappa shape index (κ2) is 4.40. The molecule has 16 heavy (non-hydrogen) atoms. The van der Waals surface area contributed by atoms with Crippen LogP contribution in [0.4, 0.5) is 14.5 Å². The van der Waals surface area contributed by atoms with Crippen LogP contribution in [0.1, 0.15) is 44.1 Å². The normalized spacial score (nSPS) is 25.7. The quantitative estimate of drug-likeness (QED) is 0.722. The van der Waals surface area contributed by atoms with Crippen LogP contribution in [0.25, 0.3) is 0 Å². The largest absolute Gasteiger partial charge is 0.396 e. The first kappa shape index (κ1) is 11.4. The van der Waals surface area contributed by atoms with E-state index in [0.717, 1.165) is 25.7 Å². The Morgan fingerprint density at radius 1 is 1.06 bits per heavy atom. The molecule has 0 heterocycles. The summed E-state index contributed by atoms with van der Waals surface area (Å²) in [5, 5.41) is 0. The van der Waals surface area contributed by atoms with Crippen LogP contribution in [0.2, 0.25) is 0 Å². The van der Waals surface area contributed by atoms with Gasteiger partial charge in [0.2, 0.25) is 0 Å². The Kier molecular flexibility index (Phi) is 3.13. The first-order valence-corrected chi connectivity index (χ1v) is 5.83. The molecule has 1 aliphatic rings. The number of nitrogen functional groups attached to an aromatic ring is 1. The predicted molar refractivity (Wildman–Crippen MR) is 61.1 cm³/mol. The zero-order valence-electron chi connectivity index (χ0n) is 9.47. The lowest BCUT2D eigenvalue weighted by Crippen LogP contribution is -2.13. The fourth-order valence-corrected chi connectivity index (χ4v) is 2.47. The SMILES string of the molecule is CC1CCC(c2ccc(N)c(F)c2F)CC1. The average Bonchev–Trinajstić information content (AvgIpc) is 2.28. The van der Waals surface area contributed by atoms with Gasteiger partial charge < -0.3 is 5.73 Å². The smallest absolute Gasteiger partial charge is 0.181 e. The van der Waals surface area contributed by atoms with Gasteiger partial charge in [-0.05, 0) is 36.3 Å². The van der Waals surface area contributed by atoms with Gasteiger partial charge in [-0.15, -0.1) is 0 Å². The molecule has 1 aliphatic carbocycles. The molecule has 1 aromatic carbocycles. The van der Waals surface area contributed by atoms with Gasteiger partial charge >= 0.3 is 0 Å². The van der Waals surface area contributed by atoms with Crippen molar-refractivity contribution >= 4 is 5.69 Å². The van der Waals surface area contributed by atoms with Crippen LogP contribution in [0.15, 0.2) is 12.1 Å². The molecule has 0 atom stereocenters. The van der Waals surface area contributed by atoms with Gasteiger partial charge in [0.1, 0.15) is 0 Å². The molecule has 0 unspecified atom stereocenters. The molecule has 0 aromatic heterocycles. The maximum absolute atomic E-state index is 13.7. The van der Waals surface area contributed by atoms with Gasteiger partial charge in [-0.2, -0.15) is 0 Å². The standard InChI is InChI=1S/C13H17F2N/c1-8-2-4-9(5-3-8)10-6-7-11(16)13(15)12(10)14/h6-9H,2-5,16H2,1H3. The van der Waals surface area contributed by atoms with Crippen molar-refractivity contribution in [3.63, 3.8) is 0 Å². The zero-order chi connectivity index (χ0) is 11.7. The van der Waals surface area contributed by atoms with Crippen LogP contribution < -0.4 is 5.73 Å². The molecule has 1 fully saturated rings. The zero-order valence-corrected chi connectivity index (χ0v) is 9.47. The molecule has 88 valence electrons. The van der Waals surface area contributed by atoms with Crippen molar-refractivity contribution in [2.75, 3.05) is 5.73 Å². The van der Waals surface area contributed by atoms with Crippen molar-refractivity contribution in [2.24, 2.45) is 5.92 Å². The molecule has 2 N–H and O–H groups in total. The third-order valence-electron chi connectivity index (χ3n) is 3.60. The number of rotatable bonds is 1. The third-order valence-corrected chi connectivity index (χ3v) is 3.60. The molecule has 3 heteroatoms. The average molecular weight is 225 g/mol. The Bertz CT molecular complexity index is 382. The van der Waals surface area contributed by atoms with Gasteiger partial charge in [0.05, 0.1) is 5.69 Å². The van der Waals surface area contributed by atoms with Crippen LogP contribution in [0.5, 0.6) is 0 Å². The number of halogens is 2. The second-order valence-corrected chi connectivity index (χ2v) is 4.83. The fourth-order valence-electron chi connectivity index (χ4n) is 2.47. The molecule has 0 spiro atoms. The molecule has 1 aromatic rings. The Morgan fingerprint density at radius 3 is 2.31 bits per heavy atom. The third kappa shape index (κ3) is 2.04. The summed E-state index contributed by atoms with van der Waals surface area (Å²) in [4.78, 5) is 0. The summed E-state index contributed by atoms with van der Waals surface area (Å²) in [6.07, 6.45) is 4.08. The minimum absolute atomic E-state index is 0.106. The van der Waals surface area contributed by atoms with Gasteiger partial charge in [0.15, 0.2) is 11.6 Å². The van der Waals surface area contributed by atoms with E-state index in [1.165, 1.54) is 6.07 Å². The van der Waals surface area contributed by atoms with Crippen LogP contribution in [0, 0.1) is 17.6 Å². The topological polar surface area (TPSA) is 26.0 Å². The van der Waals surface area contributed by atoms with Crippen molar-refractivity contribution in [3.8, 4) is 0 Å². The molecule has 0 bridgehead atoms. The summed E-state index contributed by atoms with van der Waals surface area (Å²) in [5.41, 5.74) is 5.72. The Labute approximate surface area is 94.7 Å². The lowest BCUT2D eigenvalue weighted by Gasteiger charge is -2.26. The highest BCUT2D eigenvalue weighted by molar-refractivity contribution is 5.43. The molecule has 0 aliphatic heterocycles. The Morgan fingerprint density at radius 2 is 1.69 bits per heavy atom. The molecule has 2 rings (SSSR count). The van der Waals surface area contributed by atoms with Gasteiger partial charge in [-0.3, -0.25) is 0 Å². The Balaban J connectivity index is 2.24. The van der Waals surface area contributed by atoms with Crippen molar-refractivity contribution < 1.29 is 8.78 Å². The second-order valence-electron chi connectivity index (χ2n) is 4.83. The highest BCUT2D eigenvalue weighted by Crippen LogP contribution is 2.37. The summed E-state index contributed by atoms with van der Waals surface area (Å²) >= 11 is 0. The van der Waals surface area contributed by atoms with E-state index in [-0.39, 0.29) is 11.6 Å². The molecule has 0 saturated heterocycles. The first-order valence-electron chi connectivity index (χ1n) is 5.83. The van der Waals surface area contributed by atoms with Gasteiger partial charge in [0, 0.05) is 0 Å². The van der Waals surface area contributed by atoms with E-state index in [0.29, 0.717) is 11.5 Å². The maximum atomic E-state index is 13.7. The van der Waals surface area contributed by atoms with Crippen LogP contribution >= 0.6 is 0 Å². The summed E-state index contributed by atoms with van der Waals surface area (Å²) in [6.45, 7) is 2.20. The van der Waals surface area contributed by atoms with E-state index >= 15 is 0 Å². The van der Waals surface area contributed by atoms with E-state index in [1.807, 2.05) is 0 Å². The van der Waals surface area contributed by atoms with Crippen LogP contribution in [-0.4, -0.2) is 0 Å². The van der Waals surface area contributed by atoms with Crippen molar-refractivity contribution in [1.29, 1.82) is 0 Å². The van der Waals surface area contributed by atoms with E-state index < -0.39 is 11.6 Å². The molecular weight excluding hydrogens is 208 g/mol.